The van der Waals surface area contributed by atoms with Gasteiger partial charge in [-0.05, 0) is 59.8 Å². The molecule has 0 radical (unpaired) electrons. The normalized spacial score (nSPS) is 15.9. The van der Waals surface area contributed by atoms with Crippen LogP contribution < -0.4 is 9.47 Å². The molecule has 0 saturated carbocycles. The Morgan fingerprint density at radius 2 is 2.00 bits per heavy atom. The predicted molar refractivity (Wildman–Crippen MR) is 126 cm³/mol. The number of terminal acetylenes is 1. The van der Waals surface area contributed by atoms with Gasteiger partial charge in [0.05, 0.1) is 30.5 Å². The number of benzene rings is 2. The maximum absolute atomic E-state index is 13.2. The number of aliphatic imine (C=N–C) groups is 1. The average molecular weight is 445 g/mol. The first-order valence-electron chi connectivity index (χ1n) is 9.80. The molecule has 4 rings (SSSR count). The Balaban J connectivity index is 1.65. The van der Waals surface area contributed by atoms with Gasteiger partial charge in [-0.15, -0.1) is 6.42 Å². The van der Waals surface area contributed by atoms with Crippen molar-refractivity contribution in [1.82, 2.24) is 4.90 Å². The lowest BCUT2D eigenvalue weighted by atomic mass is 10.2. The van der Waals surface area contributed by atoms with Crippen LogP contribution in [0, 0.1) is 12.3 Å². The van der Waals surface area contributed by atoms with Gasteiger partial charge in [-0.3, -0.25) is 9.69 Å². The van der Waals surface area contributed by atoms with Gasteiger partial charge >= 0.3 is 0 Å². The molecule has 3 aromatic rings. The number of rotatable bonds is 7. The molecule has 0 N–H and O–H groups in total. The summed E-state index contributed by atoms with van der Waals surface area (Å²) in [5, 5.41) is 0.588. The topological polar surface area (TPSA) is 64.3 Å². The number of thioether (sulfide) groups is 1. The first-order chi connectivity index (χ1) is 15.7. The van der Waals surface area contributed by atoms with Crippen LogP contribution in [0.3, 0.4) is 0 Å². The zero-order valence-corrected chi connectivity index (χ0v) is 18.2. The van der Waals surface area contributed by atoms with Gasteiger partial charge in [-0.25, -0.2) is 4.99 Å². The molecule has 7 heteroatoms. The second kappa shape index (κ2) is 9.94. The molecule has 0 spiro atoms. The molecule has 1 aromatic heterocycles. The van der Waals surface area contributed by atoms with Gasteiger partial charge in [0.25, 0.3) is 5.91 Å². The van der Waals surface area contributed by atoms with Crippen molar-refractivity contribution in [3.8, 4) is 23.8 Å². The SMILES string of the molecule is C#CCOc1ccc(/C=C2\SC(=Nc3ccccc3)N(Cc3ccco3)C2=O)cc1OC. The molecule has 1 aliphatic heterocycles. The molecular formula is C25H20N2O4S. The number of hydrogen-bond donors (Lipinski definition) is 0. The summed E-state index contributed by atoms with van der Waals surface area (Å²) >= 11 is 1.32. The Kier molecular flexibility index (Phi) is 6.63. The van der Waals surface area contributed by atoms with Crippen molar-refractivity contribution in [2.24, 2.45) is 4.99 Å². The van der Waals surface area contributed by atoms with Crippen molar-refractivity contribution in [2.45, 2.75) is 6.54 Å². The van der Waals surface area contributed by atoms with E-state index in [0.29, 0.717) is 33.9 Å². The van der Waals surface area contributed by atoms with Crippen LogP contribution in [0.25, 0.3) is 6.08 Å². The highest BCUT2D eigenvalue weighted by Gasteiger charge is 2.34. The third kappa shape index (κ3) is 4.88. The van der Waals surface area contributed by atoms with E-state index < -0.39 is 0 Å². The molecule has 0 atom stereocenters. The van der Waals surface area contributed by atoms with Crippen LogP contribution in [0.1, 0.15) is 11.3 Å². The summed E-state index contributed by atoms with van der Waals surface area (Å²) in [4.78, 5) is 20.1. The maximum atomic E-state index is 13.2. The summed E-state index contributed by atoms with van der Waals surface area (Å²) in [5.41, 5.74) is 1.56. The zero-order chi connectivity index (χ0) is 22.3. The van der Waals surface area contributed by atoms with Crippen molar-refractivity contribution < 1.29 is 18.7 Å². The fourth-order valence-electron chi connectivity index (χ4n) is 3.07. The Morgan fingerprint density at radius 1 is 1.16 bits per heavy atom. The molecule has 2 aromatic carbocycles. The Morgan fingerprint density at radius 3 is 2.72 bits per heavy atom. The minimum absolute atomic E-state index is 0.145. The summed E-state index contributed by atoms with van der Waals surface area (Å²) in [6, 6.07) is 18.6. The van der Waals surface area contributed by atoms with Crippen molar-refractivity contribution in [3.05, 3.63) is 83.2 Å². The molecule has 1 fully saturated rings. The Bertz CT molecular complexity index is 1190. The number of ether oxygens (including phenoxy) is 2. The number of carbonyl (C=O) groups is 1. The third-order valence-corrected chi connectivity index (χ3v) is 5.57. The molecule has 0 unspecified atom stereocenters. The number of para-hydroxylation sites is 1. The van der Waals surface area contributed by atoms with E-state index in [-0.39, 0.29) is 12.5 Å². The summed E-state index contributed by atoms with van der Waals surface area (Å²) < 4.78 is 16.3. The van der Waals surface area contributed by atoms with E-state index in [1.165, 1.54) is 11.8 Å². The van der Waals surface area contributed by atoms with Gasteiger partial charge in [0.15, 0.2) is 16.7 Å². The minimum Gasteiger partial charge on any atom is -0.493 e. The molecule has 1 amide bonds. The average Bonchev–Trinajstić information content (AvgIpc) is 3.43. The van der Waals surface area contributed by atoms with Crippen LogP contribution in [0.15, 0.2) is 81.2 Å². The standard InChI is InChI=1S/C25H20N2O4S/c1-3-13-31-21-12-11-18(15-22(21)29-2)16-23-24(28)27(17-20-10-7-14-30-20)25(32-23)26-19-8-5-4-6-9-19/h1,4-12,14-16H,13,17H2,2H3/b23-16-,26-25?. The Labute approximate surface area is 190 Å². The second-order valence-corrected chi connectivity index (χ2v) is 7.72. The number of carbonyl (C=O) groups excluding carboxylic acids is 1. The summed E-state index contributed by atoms with van der Waals surface area (Å²) in [6.07, 6.45) is 8.66. The van der Waals surface area contributed by atoms with E-state index in [9.17, 15) is 4.79 Å². The smallest absolute Gasteiger partial charge is 0.267 e. The fraction of sp³-hybridized carbons (Fsp3) is 0.120. The Hall–Kier alpha value is -3.89. The molecule has 2 heterocycles. The van der Waals surface area contributed by atoms with E-state index >= 15 is 0 Å². The van der Waals surface area contributed by atoms with Crippen LogP contribution in [0.5, 0.6) is 11.5 Å². The van der Waals surface area contributed by atoms with Gasteiger partial charge in [0, 0.05) is 0 Å². The number of amidine groups is 1. The van der Waals surface area contributed by atoms with Gasteiger partial charge in [0.2, 0.25) is 0 Å². The second-order valence-electron chi connectivity index (χ2n) is 6.71. The van der Waals surface area contributed by atoms with Crippen LogP contribution in [-0.2, 0) is 11.3 Å². The predicted octanol–water partition coefficient (Wildman–Crippen LogP) is 5.10. The lowest BCUT2D eigenvalue weighted by Gasteiger charge is -2.13. The van der Waals surface area contributed by atoms with Crippen molar-refractivity contribution in [1.29, 1.82) is 0 Å². The van der Waals surface area contributed by atoms with Gasteiger partial charge in [-0.2, -0.15) is 0 Å². The van der Waals surface area contributed by atoms with Gasteiger partial charge < -0.3 is 13.9 Å². The van der Waals surface area contributed by atoms with E-state index in [4.69, 9.17) is 20.3 Å². The lowest BCUT2D eigenvalue weighted by Crippen LogP contribution is -2.28. The maximum Gasteiger partial charge on any atom is 0.267 e. The minimum atomic E-state index is -0.146. The van der Waals surface area contributed by atoms with Crippen molar-refractivity contribution in [3.63, 3.8) is 0 Å². The van der Waals surface area contributed by atoms with E-state index in [1.807, 2.05) is 48.5 Å². The molecule has 0 aliphatic carbocycles. The van der Waals surface area contributed by atoms with Crippen LogP contribution >= 0.6 is 11.8 Å². The number of methoxy groups -OCH3 is 1. The molecule has 1 aliphatic rings. The molecular weight excluding hydrogens is 424 g/mol. The highest BCUT2D eigenvalue weighted by molar-refractivity contribution is 8.18. The highest BCUT2D eigenvalue weighted by Crippen LogP contribution is 2.36. The van der Waals surface area contributed by atoms with E-state index in [2.05, 4.69) is 10.9 Å². The van der Waals surface area contributed by atoms with E-state index in [1.54, 1.807) is 36.5 Å². The number of furan rings is 1. The summed E-state index contributed by atoms with van der Waals surface area (Å²) in [5.74, 6) is 4.05. The molecule has 0 bridgehead atoms. The first-order valence-corrected chi connectivity index (χ1v) is 10.6. The molecule has 1 saturated heterocycles. The van der Waals surface area contributed by atoms with Crippen LogP contribution in [0.4, 0.5) is 5.69 Å². The van der Waals surface area contributed by atoms with Crippen molar-refractivity contribution >= 4 is 34.6 Å². The van der Waals surface area contributed by atoms with Gasteiger partial charge in [-0.1, -0.05) is 30.2 Å². The first kappa shape index (κ1) is 21.3. The zero-order valence-electron chi connectivity index (χ0n) is 17.4. The molecule has 6 nitrogen and oxygen atoms in total. The third-order valence-electron chi connectivity index (χ3n) is 4.56. The number of amides is 1. The number of nitrogens with zero attached hydrogens (tertiary/aromatic N) is 2. The largest absolute Gasteiger partial charge is 0.493 e. The van der Waals surface area contributed by atoms with Crippen LogP contribution in [-0.4, -0.2) is 29.7 Å². The summed E-state index contributed by atoms with van der Waals surface area (Å²) in [7, 11) is 1.56. The van der Waals surface area contributed by atoms with Crippen LogP contribution in [0.2, 0.25) is 0 Å². The lowest BCUT2D eigenvalue weighted by molar-refractivity contribution is -0.122. The quantitative estimate of drug-likeness (QED) is 0.375. The molecule has 32 heavy (non-hydrogen) atoms. The number of hydrogen-bond acceptors (Lipinski definition) is 6. The fourth-order valence-corrected chi connectivity index (χ4v) is 4.06. The van der Waals surface area contributed by atoms with Gasteiger partial charge in [0.1, 0.15) is 12.4 Å². The highest BCUT2D eigenvalue weighted by atomic mass is 32.2. The monoisotopic (exact) mass is 444 g/mol. The van der Waals surface area contributed by atoms with E-state index in [0.717, 1.165) is 11.3 Å². The summed E-state index contributed by atoms with van der Waals surface area (Å²) in [6.45, 7) is 0.441. The van der Waals surface area contributed by atoms with Crippen molar-refractivity contribution in [2.75, 3.05) is 13.7 Å². The molecule has 160 valence electrons.